The summed E-state index contributed by atoms with van der Waals surface area (Å²) in [6.07, 6.45) is 0.905. The van der Waals surface area contributed by atoms with Gasteiger partial charge in [-0.1, -0.05) is 36.4 Å². The predicted octanol–water partition coefficient (Wildman–Crippen LogP) is 4.94. The van der Waals surface area contributed by atoms with Crippen molar-refractivity contribution in [1.29, 1.82) is 5.26 Å². The summed E-state index contributed by atoms with van der Waals surface area (Å²) in [7, 11) is 5.85. The lowest BCUT2D eigenvalue weighted by Crippen LogP contribution is -2.29. The highest BCUT2D eigenvalue weighted by atomic mass is 16.3. The van der Waals surface area contributed by atoms with E-state index in [0.29, 0.717) is 40.2 Å². The number of hydrogen-bond donors (Lipinski definition) is 2. The van der Waals surface area contributed by atoms with Crippen molar-refractivity contribution in [3.8, 4) is 11.9 Å². The normalized spacial score (nSPS) is 11.6. The van der Waals surface area contributed by atoms with Gasteiger partial charge in [-0.05, 0) is 63.5 Å². The summed E-state index contributed by atoms with van der Waals surface area (Å²) in [5.41, 5.74) is 4.39. The first kappa shape index (κ1) is 24.7. The maximum Gasteiger partial charge on any atom is 0.253 e. The minimum Gasteiger partial charge on any atom is -0.494 e. The standard InChI is InChI=1S/C29H29N5O2/c1-33(2)16-7-17-34(3)29(36)22-11-13-23(14-12-22)31-27(21-8-5-4-6-9-21)26-24-15-10-20(19-30)18-25(24)32-28(26)35/h4-6,8-15,18,32,35H,7,16-17H2,1-3H3. The van der Waals surface area contributed by atoms with Crippen LogP contribution in [0.1, 0.15) is 33.5 Å². The van der Waals surface area contributed by atoms with Crippen LogP contribution in [0, 0.1) is 11.3 Å². The number of amides is 1. The molecule has 0 unspecified atom stereocenters. The van der Waals surface area contributed by atoms with Gasteiger partial charge in [0.15, 0.2) is 5.88 Å². The van der Waals surface area contributed by atoms with Gasteiger partial charge in [0.2, 0.25) is 0 Å². The summed E-state index contributed by atoms with van der Waals surface area (Å²) in [4.78, 5) is 24.5. The molecule has 4 aromatic rings. The monoisotopic (exact) mass is 479 g/mol. The highest BCUT2D eigenvalue weighted by Gasteiger charge is 2.19. The molecule has 7 nitrogen and oxygen atoms in total. The van der Waals surface area contributed by atoms with Crippen molar-refractivity contribution in [3.63, 3.8) is 0 Å². The Labute approximate surface area is 210 Å². The van der Waals surface area contributed by atoms with Crippen LogP contribution in [-0.4, -0.2) is 65.7 Å². The molecule has 1 amide bonds. The van der Waals surface area contributed by atoms with Crippen molar-refractivity contribution >= 4 is 28.2 Å². The third-order valence-corrected chi connectivity index (χ3v) is 5.99. The van der Waals surface area contributed by atoms with Crippen LogP contribution in [0.25, 0.3) is 10.9 Å². The van der Waals surface area contributed by atoms with Crippen LogP contribution in [-0.2, 0) is 0 Å². The molecule has 3 aromatic carbocycles. The molecule has 0 aliphatic rings. The van der Waals surface area contributed by atoms with Crippen molar-refractivity contribution in [3.05, 3.63) is 95.1 Å². The first-order chi connectivity index (χ1) is 17.4. The molecule has 0 radical (unpaired) electrons. The fourth-order valence-corrected chi connectivity index (χ4v) is 4.11. The molecule has 36 heavy (non-hydrogen) atoms. The Morgan fingerprint density at radius 2 is 1.69 bits per heavy atom. The zero-order chi connectivity index (χ0) is 25.7. The molecule has 0 atom stereocenters. The Morgan fingerprint density at radius 3 is 2.36 bits per heavy atom. The summed E-state index contributed by atoms with van der Waals surface area (Å²) in [6.45, 7) is 1.61. The second-order valence-corrected chi connectivity index (χ2v) is 8.98. The fraction of sp³-hybridized carbons (Fsp3) is 0.207. The molecule has 0 saturated heterocycles. The number of nitriles is 1. The molecule has 182 valence electrons. The predicted molar refractivity (Wildman–Crippen MR) is 143 cm³/mol. The lowest BCUT2D eigenvalue weighted by atomic mass is 10.00. The van der Waals surface area contributed by atoms with E-state index in [1.165, 1.54) is 0 Å². The van der Waals surface area contributed by atoms with Gasteiger partial charge < -0.3 is 19.9 Å². The summed E-state index contributed by atoms with van der Waals surface area (Å²) in [5.74, 6) is -0.0519. The maximum absolute atomic E-state index is 12.8. The average molecular weight is 480 g/mol. The van der Waals surface area contributed by atoms with Gasteiger partial charge in [-0.15, -0.1) is 0 Å². The van der Waals surface area contributed by atoms with Crippen molar-refractivity contribution in [1.82, 2.24) is 14.8 Å². The largest absolute Gasteiger partial charge is 0.494 e. The summed E-state index contributed by atoms with van der Waals surface area (Å²) >= 11 is 0. The van der Waals surface area contributed by atoms with Crippen molar-refractivity contribution in [2.24, 2.45) is 4.99 Å². The molecule has 0 saturated carbocycles. The summed E-state index contributed by atoms with van der Waals surface area (Å²) < 4.78 is 0. The summed E-state index contributed by atoms with van der Waals surface area (Å²) in [5, 5.41) is 20.8. The number of aliphatic imine (C=N–C) groups is 1. The number of H-pyrrole nitrogens is 1. The number of aromatic hydroxyl groups is 1. The molecule has 2 N–H and O–H groups in total. The van der Waals surface area contributed by atoms with Crippen molar-refractivity contribution < 1.29 is 9.90 Å². The number of carbonyl (C=O) groups excluding carboxylic acids is 1. The minimum absolute atomic E-state index is 0.0196. The number of nitrogens with zero attached hydrogens (tertiary/aromatic N) is 4. The number of hydrogen-bond acceptors (Lipinski definition) is 5. The molecule has 0 aliphatic heterocycles. The number of aromatic nitrogens is 1. The molecule has 0 bridgehead atoms. The molecule has 0 aliphatic carbocycles. The highest BCUT2D eigenvalue weighted by Crippen LogP contribution is 2.32. The second-order valence-electron chi connectivity index (χ2n) is 8.98. The summed E-state index contributed by atoms with van der Waals surface area (Å²) in [6, 6.07) is 24.1. The second kappa shape index (κ2) is 10.9. The van der Waals surface area contributed by atoms with Gasteiger partial charge >= 0.3 is 0 Å². The van der Waals surface area contributed by atoms with E-state index >= 15 is 0 Å². The number of carbonyl (C=O) groups is 1. The third kappa shape index (κ3) is 5.45. The van der Waals surface area contributed by atoms with Gasteiger partial charge in [0, 0.05) is 30.1 Å². The van der Waals surface area contributed by atoms with E-state index in [2.05, 4.69) is 16.0 Å². The quantitative estimate of drug-likeness (QED) is 0.350. The first-order valence-corrected chi connectivity index (χ1v) is 11.8. The fourth-order valence-electron chi connectivity index (χ4n) is 4.11. The molecule has 7 heteroatoms. The zero-order valence-corrected chi connectivity index (χ0v) is 20.7. The molecule has 4 rings (SSSR count). The van der Waals surface area contributed by atoms with Gasteiger partial charge in [-0.3, -0.25) is 4.79 Å². The van der Waals surface area contributed by atoms with E-state index in [-0.39, 0.29) is 11.8 Å². The van der Waals surface area contributed by atoms with E-state index < -0.39 is 0 Å². The van der Waals surface area contributed by atoms with Crippen LogP contribution in [0.4, 0.5) is 5.69 Å². The van der Waals surface area contributed by atoms with Crippen molar-refractivity contribution in [2.45, 2.75) is 6.42 Å². The Hall–Kier alpha value is -4.41. The average Bonchev–Trinajstić information content (AvgIpc) is 3.21. The molecular weight excluding hydrogens is 450 g/mol. The van der Waals surface area contributed by atoms with E-state index in [1.807, 2.05) is 69.7 Å². The SMILES string of the molecule is CN(C)CCCN(C)C(=O)c1ccc(N=C(c2ccccc2)c2c(O)[nH]c3cc(C#N)ccc23)cc1. The number of fused-ring (bicyclic) bond motifs is 1. The lowest BCUT2D eigenvalue weighted by molar-refractivity contribution is 0.0790. The van der Waals surface area contributed by atoms with Crippen molar-refractivity contribution in [2.75, 3.05) is 34.2 Å². The van der Waals surface area contributed by atoms with E-state index in [4.69, 9.17) is 4.99 Å². The van der Waals surface area contributed by atoms with Gasteiger partial charge in [0.1, 0.15) is 0 Å². The Bertz CT molecular complexity index is 1430. The van der Waals surface area contributed by atoms with Gasteiger partial charge in [0.25, 0.3) is 5.91 Å². The van der Waals surface area contributed by atoms with Crippen LogP contribution in [0.15, 0.2) is 77.8 Å². The Morgan fingerprint density at radius 1 is 0.972 bits per heavy atom. The van der Waals surface area contributed by atoms with Crippen LogP contribution in [0.2, 0.25) is 0 Å². The molecule has 0 spiro atoms. The Balaban J connectivity index is 1.68. The lowest BCUT2D eigenvalue weighted by Gasteiger charge is -2.18. The molecular formula is C29H29N5O2. The van der Waals surface area contributed by atoms with Crippen LogP contribution in [0.5, 0.6) is 5.88 Å². The van der Waals surface area contributed by atoms with Gasteiger partial charge in [0.05, 0.1) is 34.1 Å². The third-order valence-electron chi connectivity index (χ3n) is 5.99. The van der Waals surface area contributed by atoms with Gasteiger partial charge in [-0.25, -0.2) is 4.99 Å². The molecule has 1 heterocycles. The minimum atomic E-state index is -0.0323. The molecule has 0 fully saturated rings. The van der Waals surface area contributed by atoms with Gasteiger partial charge in [-0.2, -0.15) is 5.26 Å². The Kier molecular flexibility index (Phi) is 7.47. The van der Waals surface area contributed by atoms with E-state index in [9.17, 15) is 15.2 Å². The van der Waals surface area contributed by atoms with Crippen LogP contribution < -0.4 is 0 Å². The number of benzene rings is 3. The first-order valence-electron chi connectivity index (χ1n) is 11.8. The van der Waals surface area contributed by atoms with Crippen LogP contribution in [0.3, 0.4) is 0 Å². The van der Waals surface area contributed by atoms with E-state index in [0.717, 1.165) is 23.9 Å². The maximum atomic E-state index is 12.8. The number of nitrogens with one attached hydrogen (secondary N) is 1. The van der Waals surface area contributed by atoms with E-state index in [1.54, 1.807) is 29.2 Å². The molecule has 1 aromatic heterocycles. The zero-order valence-electron chi connectivity index (χ0n) is 20.7. The topological polar surface area (TPSA) is 95.7 Å². The number of rotatable bonds is 8. The van der Waals surface area contributed by atoms with Crippen LogP contribution >= 0.6 is 0 Å². The highest BCUT2D eigenvalue weighted by molar-refractivity contribution is 6.22. The smallest absolute Gasteiger partial charge is 0.253 e. The number of aromatic amines is 1.